The summed E-state index contributed by atoms with van der Waals surface area (Å²) in [7, 11) is 0. The third kappa shape index (κ3) is 3.18. The molecule has 0 saturated carbocycles. The van der Waals surface area contributed by atoms with Crippen LogP contribution in [0.25, 0.3) is 0 Å². The average Bonchev–Trinajstić information content (AvgIpc) is 2.38. The minimum atomic E-state index is -0.330. The van der Waals surface area contributed by atoms with Gasteiger partial charge in [-0.1, -0.05) is 32.0 Å². The van der Waals surface area contributed by atoms with E-state index in [1.165, 1.54) is 6.07 Å². The molecule has 1 fully saturated rings. The van der Waals surface area contributed by atoms with E-state index in [1.807, 2.05) is 6.92 Å². The van der Waals surface area contributed by atoms with Crippen LogP contribution in [0, 0.1) is 11.2 Å². The van der Waals surface area contributed by atoms with Gasteiger partial charge in [0.25, 0.3) is 0 Å². The molecule has 1 aliphatic rings. The summed E-state index contributed by atoms with van der Waals surface area (Å²) in [5.41, 5.74) is 0.451. The predicted octanol–water partition coefficient (Wildman–Crippen LogP) is 2.78. The first-order chi connectivity index (χ1) is 9.42. The molecule has 20 heavy (non-hydrogen) atoms. The first-order valence-corrected chi connectivity index (χ1v) is 7.20. The highest BCUT2D eigenvalue weighted by Crippen LogP contribution is 2.30. The van der Waals surface area contributed by atoms with Crippen LogP contribution in [0.2, 0.25) is 0 Å². The lowest BCUT2D eigenvalue weighted by Crippen LogP contribution is -2.55. The number of hydrogen-bond donors (Lipinski definition) is 2. The monoisotopic (exact) mass is 278 g/mol. The Morgan fingerprint density at radius 1 is 1.45 bits per heavy atom. The van der Waals surface area contributed by atoms with Crippen molar-refractivity contribution in [3.05, 3.63) is 35.6 Å². The summed E-state index contributed by atoms with van der Waals surface area (Å²) < 4.78 is 13.7. The second-order valence-electron chi connectivity index (χ2n) is 6.23. The van der Waals surface area contributed by atoms with Gasteiger partial charge in [-0.15, -0.1) is 0 Å². The summed E-state index contributed by atoms with van der Waals surface area (Å²) in [5.74, 6) is -0.332. The maximum Gasteiger partial charge on any atom is 0.238 e. The lowest BCUT2D eigenvalue weighted by atomic mass is 9.77. The topological polar surface area (TPSA) is 41.1 Å². The Kier molecular flexibility index (Phi) is 4.43. The van der Waals surface area contributed by atoms with Gasteiger partial charge in [0.05, 0.1) is 12.1 Å². The Balaban J connectivity index is 2.06. The van der Waals surface area contributed by atoms with Crippen LogP contribution in [0.3, 0.4) is 0 Å². The van der Waals surface area contributed by atoms with Crippen molar-refractivity contribution < 1.29 is 9.18 Å². The molecule has 0 aliphatic carbocycles. The second-order valence-corrected chi connectivity index (χ2v) is 6.23. The van der Waals surface area contributed by atoms with Gasteiger partial charge in [-0.05, 0) is 37.8 Å². The van der Waals surface area contributed by atoms with E-state index < -0.39 is 0 Å². The van der Waals surface area contributed by atoms with E-state index in [1.54, 1.807) is 18.2 Å². The van der Waals surface area contributed by atoms with Crippen molar-refractivity contribution >= 4 is 5.91 Å². The van der Waals surface area contributed by atoms with Crippen LogP contribution in [0.1, 0.15) is 45.2 Å². The van der Waals surface area contributed by atoms with Gasteiger partial charge >= 0.3 is 0 Å². The van der Waals surface area contributed by atoms with Crippen LogP contribution in [-0.4, -0.2) is 18.5 Å². The highest BCUT2D eigenvalue weighted by atomic mass is 19.1. The van der Waals surface area contributed by atoms with Crippen LogP contribution in [-0.2, 0) is 4.79 Å². The highest BCUT2D eigenvalue weighted by molar-refractivity contribution is 5.83. The van der Waals surface area contributed by atoms with Crippen molar-refractivity contribution in [1.29, 1.82) is 0 Å². The van der Waals surface area contributed by atoms with Crippen molar-refractivity contribution in [2.24, 2.45) is 5.41 Å². The number of hydrogen-bond acceptors (Lipinski definition) is 2. The zero-order valence-electron chi connectivity index (χ0n) is 12.4. The van der Waals surface area contributed by atoms with Gasteiger partial charge in [-0.3, -0.25) is 4.79 Å². The largest absolute Gasteiger partial charge is 0.348 e. The zero-order chi connectivity index (χ0) is 14.8. The standard InChI is InChI=1S/C16H23FN2O/c1-11(12-7-4-5-8-13(12)17)19-15(20)14-16(2,3)9-6-10-18-14/h4-5,7-8,11,14,18H,6,9-10H2,1-3H3,(H,19,20)/t11-,14?/m1/s1. The Labute approximate surface area is 120 Å². The molecule has 2 N–H and O–H groups in total. The third-order valence-electron chi connectivity index (χ3n) is 4.12. The molecule has 0 aromatic heterocycles. The molecule has 1 amide bonds. The molecule has 2 rings (SSSR count). The molecule has 1 aromatic rings. The third-order valence-corrected chi connectivity index (χ3v) is 4.12. The molecule has 1 unspecified atom stereocenters. The van der Waals surface area contributed by atoms with Crippen LogP contribution in [0.5, 0.6) is 0 Å². The Morgan fingerprint density at radius 2 is 2.15 bits per heavy atom. The molecule has 1 saturated heterocycles. The maximum atomic E-state index is 13.7. The number of piperidine rings is 1. The zero-order valence-corrected chi connectivity index (χ0v) is 12.4. The van der Waals surface area contributed by atoms with E-state index in [9.17, 15) is 9.18 Å². The van der Waals surface area contributed by atoms with Crippen LogP contribution < -0.4 is 10.6 Å². The van der Waals surface area contributed by atoms with Crippen molar-refractivity contribution in [2.75, 3.05) is 6.54 Å². The molecule has 110 valence electrons. The van der Waals surface area contributed by atoms with Crippen LogP contribution >= 0.6 is 0 Å². The van der Waals surface area contributed by atoms with Crippen LogP contribution in [0.15, 0.2) is 24.3 Å². The van der Waals surface area contributed by atoms with E-state index in [4.69, 9.17) is 0 Å². The van der Waals surface area contributed by atoms with E-state index in [2.05, 4.69) is 24.5 Å². The summed E-state index contributed by atoms with van der Waals surface area (Å²) in [6.45, 7) is 6.86. The SMILES string of the molecule is C[C@@H](NC(=O)C1NCCCC1(C)C)c1ccccc1F. The van der Waals surface area contributed by atoms with E-state index in [-0.39, 0.29) is 29.2 Å². The lowest BCUT2D eigenvalue weighted by Gasteiger charge is -2.38. The Hall–Kier alpha value is -1.42. The number of amides is 1. The molecule has 0 radical (unpaired) electrons. The fourth-order valence-electron chi connectivity index (χ4n) is 2.86. The van der Waals surface area contributed by atoms with Gasteiger partial charge in [0.15, 0.2) is 0 Å². The Bertz CT molecular complexity index is 487. The molecule has 0 spiro atoms. The minimum absolute atomic E-state index is 0.0505. The van der Waals surface area contributed by atoms with Gasteiger partial charge in [0, 0.05) is 5.56 Å². The van der Waals surface area contributed by atoms with Gasteiger partial charge in [0.2, 0.25) is 5.91 Å². The normalized spacial score (nSPS) is 23.1. The minimum Gasteiger partial charge on any atom is -0.348 e. The lowest BCUT2D eigenvalue weighted by molar-refractivity contribution is -0.127. The molecule has 0 bridgehead atoms. The second kappa shape index (κ2) is 5.92. The van der Waals surface area contributed by atoms with Crippen molar-refractivity contribution in [3.63, 3.8) is 0 Å². The summed E-state index contributed by atoms with van der Waals surface area (Å²) in [4.78, 5) is 12.4. The molecule has 1 aromatic carbocycles. The van der Waals surface area contributed by atoms with E-state index in [0.717, 1.165) is 19.4 Å². The van der Waals surface area contributed by atoms with Crippen LogP contribution in [0.4, 0.5) is 4.39 Å². The fraction of sp³-hybridized carbons (Fsp3) is 0.562. The van der Waals surface area contributed by atoms with Crippen molar-refractivity contribution in [2.45, 2.75) is 45.7 Å². The number of nitrogens with one attached hydrogen (secondary N) is 2. The highest BCUT2D eigenvalue weighted by Gasteiger charge is 2.37. The molecule has 1 heterocycles. The van der Waals surface area contributed by atoms with Gasteiger partial charge in [-0.2, -0.15) is 0 Å². The van der Waals surface area contributed by atoms with Crippen molar-refractivity contribution in [1.82, 2.24) is 10.6 Å². The number of halogens is 1. The Morgan fingerprint density at radius 3 is 2.80 bits per heavy atom. The molecule has 3 nitrogen and oxygen atoms in total. The fourth-order valence-corrected chi connectivity index (χ4v) is 2.86. The van der Waals surface area contributed by atoms with Gasteiger partial charge in [-0.25, -0.2) is 4.39 Å². The molecule has 4 heteroatoms. The number of benzene rings is 1. The smallest absolute Gasteiger partial charge is 0.238 e. The number of carbonyl (C=O) groups excluding carboxylic acids is 1. The first-order valence-electron chi connectivity index (χ1n) is 7.20. The predicted molar refractivity (Wildman–Crippen MR) is 77.8 cm³/mol. The molecule has 2 atom stereocenters. The molecule has 1 aliphatic heterocycles. The van der Waals surface area contributed by atoms with E-state index >= 15 is 0 Å². The summed E-state index contributed by atoms with van der Waals surface area (Å²) in [5, 5.41) is 6.20. The van der Waals surface area contributed by atoms with Gasteiger partial charge in [0.1, 0.15) is 5.82 Å². The number of carbonyl (C=O) groups is 1. The summed E-state index contributed by atoms with van der Waals surface area (Å²) in [6, 6.07) is 6.01. The first kappa shape index (κ1) is 15.0. The average molecular weight is 278 g/mol. The summed E-state index contributed by atoms with van der Waals surface area (Å²) >= 11 is 0. The van der Waals surface area contributed by atoms with Gasteiger partial charge < -0.3 is 10.6 Å². The van der Waals surface area contributed by atoms with E-state index in [0.29, 0.717) is 5.56 Å². The quantitative estimate of drug-likeness (QED) is 0.892. The maximum absolute atomic E-state index is 13.7. The summed E-state index contributed by atoms with van der Waals surface area (Å²) in [6.07, 6.45) is 2.10. The molecular weight excluding hydrogens is 255 g/mol. The van der Waals surface area contributed by atoms with Crippen molar-refractivity contribution in [3.8, 4) is 0 Å². The number of rotatable bonds is 3. The molecular formula is C16H23FN2O.